The van der Waals surface area contributed by atoms with Gasteiger partial charge >= 0.3 is 0 Å². The molecule has 1 aliphatic heterocycles. The summed E-state index contributed by atoms with van der Waals surface area (Å²) in [6, 6.07) is -0.731. The summed E-state index contributed by atoms with van der Waals surface area (Å²) < 4.78 is 10.6. The maximum Gasteiger partial charge on any atom is 0.268 e. The molecule has 1 unspecified atom stereocenters. The van der Waals surface area contributed by atoms with Crippen LogP contribution in [0.4, 0.5) is 0 Å². The smallest absolute Gasteiger partial charge is 0.268 e. The summed E-state index contributed by atoms with van der Waals surface area (Å²) in [6.07, 6.45) is -2.40. The maximum atomic E-state index is 12.5. The highest BCUT2D eigenvalue weighted by atomic mass is 35.5. The highest BCUT2D eigenvalue weighted by molar-refractivity contribution is 6.32. The third kappa shape index (κ3) is 3.32. The predicted molar refractivity (Wildman–Crippen MR) is 89.1 cm³/mol. The summed E-state index contributed by atoms with van der Waals surface area (Å²) in [6.45, 7) is 6.80. The summed E-state index contributed by atoms with van der Waals surface area (Å²) in [7, 11) is 1.46. The molecule has 24 heavy (non-hydrogen) atoms. The van der Waals surface area contributed by atoms with Gasteiger partial charge in [0.15, 0.2) is 6.29 Å². The van der Waals surface area contributed by atoms with E-state index in [1.807, 2.05) is 0 Å². The molecule has 0 aliphatic carbocycles. The van der Waals surface area contributed by atoms with Crippen LogP contribution in [0.15, 0.2) is 0 Å². The third-order valence-corrected chi connectivity index (χ3v) is 5.32. The summed E-state index contributed by atoms with van der Waals surface area (Å²) in [5.74, 6) is -0.399. The third-order valence-electron chi connectivity index (χ3n) is 4.75. The Kier molecular flexibility index (Phi) is 5.61. The Morgan fingerprint density at radius 3 is 2.67 bits per heavy atom. The number of carbonyl (C=O) groups excluding carboxylic acids is 1. The lowest BCUT2D eigenvalue weighted by atomic mass is 9.81. The molecule has 1 fully saturated rings. The molecule has 1 amide bonds. The number of aromatic nitrogens is 1. The van der Waals surface area contributed by atoms with Crippen molar-refractivity contribution in [3.63, 3.8) is 0 Å². The van der Waals surface area contributed by atoms with Gasteiger partial charge in [0.25, 0.3) is 5.91 Å². The second-order valence-electron chi connectivity index (χ2n) is 6.41. The van der Waals surface area contributed by atoms with Crippen molar-refractivity contribution in [2.75, 3.05) is 7.11 Å². The average Bonchev–Trinajstić information content (AvgIpc) is 2.79. The minimum atomic E-state index is -1.58. The van der Waals surface area contributed by atoms with Crippen LogP contribution >= 0.6 is 11.6 Å². The van der Waals surface area contributed by atoms with E-state index in [9.17, 15) is 15.0 Å². The van der Waals surface area contributed by atoms with Gasteiger partial charge in [-0.15, -0.1) is 0 Å². The van der Waals surface area contributed by atoms with Crippen molar-refractivity contribution in [2.24, 2.45) is 0 Å². The number of aliphatic hydroxyl groups is 2. The molecule has 5 atom stereocenters. The Morgan fingerprint density at radius 1 is 1.54 bits per heavy atom. The van der Waals surface area contributed by atoms with Crippen LogP contribution in [0.5, 0.6) is 0 Å². The number of hydrogen-bond donors (Lipinski definition) is 4. The van der Waals surface area contributed by atoms with Gasteiger partial charge in [0, 0.05) is 19.2 Å². The molecule has 1 aliphatic rings. The van der Waals surface area contributed by atoms with E-state index in [0.717, 1.165) is 0 Å². The van der Waals surface area contributed by atoms with Crippen molar-refractivity contribution in [3.05, 3.63) is 22.0 Å². The molecule has 7 nitrogen and oxygen atoms in total. The van der Waals surface area contributed by atoms with Gasteiger partial charge in [-0.2, -0.15) is 0 Å². The van der Waals surface area contributed by atoms with Crippen molar-refractivity contribution in [3.8, 4) is 0 Å². The second-order valence-corrected chi connectivity index (χ2v) is 6.78. The monoisotopic (exact) mass is 360 g/mol. The largest absolute Gasteiger partial charge is 0.387 e. The fraction of sp³-hybridized carbons (Fsp3) is 0.688. The number of aromatic amines is 1. The molecular weight excluding hydrogens is 336 g/mol. The Bertz CT molecular complexity index is 620. The highest BCUT2D eigenvalue weighted by Gasteiger charge is 2.50. The molecule has 136 valence electrons. The quantitative estimate of drug-likeness (QED) is 0.647. The predicted octanol–water partition coefficient (Wildman–Crippen LogP) is 1.28. The number of carbonyl (C=O) groups is 1. The van der Waals surface area contributed by atoms with Gasteiger partial charge in [-0.3, -0.25) is 4.79 Å². The lowest BCUT2D eigenvalue weighted by Gasteiger charge is -2.46. The standard InChI is InChI=1S/C16H25ClN2O5/c1-7-12(17)8(2)18-13(7)15(21)19-10(4)16(22)6-11(23-5)24-9(3)14(16)20/h9-11,14,18,20,22H,6H2,1-5H3,(H,19,21)/t9-,10?,11+,14-,16-/m1/s1. The first-order valence-electron chi connectivity index (χ1n) is 7.86. The zero-order valence-electron chi connectivity index (χ0n) is 14.5. The van der Waals surface area contributed by atoms with Crippen LogP contribution in [0.3, 0.4) is 0 Å². The van der Waals surface area contributed by atoms with Crippen LogP contribution in [0.25, 0.3) is 0 Å². The molecule has 0 spiro atoms. The van der Waals surface area contributed by atoms with Crippen LogP contribution in [-0.4, -0.2) is 58.4 Å². The van der Waals surface area contributed by atoms with Gasteiger partial charge < -0.3 is 30.0 Å². The Hall–Kier alpha value is -1.12. The average molecular weight is 361 g/mol. The van der Waals surface area contributed by atoms with Crippen LogP contribution in [0.1, 0.15) is 42.0 Å². The van der Waals surface area contributed by atoms with E-state index < -0.39 is 36.0 Å². The molecule has 4 N–H and O–H groups in total. The van der Waals surface area contributed by atoms with Gasteiger partial charge in [0.05, 0.1) is 17.2 Å². The number of aryl methyl sites for hydroxylation is 1. The zero-order chi connectivity index (χ0) is 18.2. The van der Waals surface area contributed by atoms with Gasteiger partial charge in [-0.25, -0.2) is 0 Å². The first-order valence-corrected chi connectivity index (χ1v) is 8.23. The number of amides is 1. The molecule has 2 heterocycles. The lowest BCUT2D eigenvalue weighted by molar-refractivity contribution is -0.274. The van der Waals surface area contributed by atoms with Gasteiger partial charge in [-0.05, 0) is 33.3 Å². The summed E-state index contributed by atoms with van der Waals surface area (Å²) in [5, 5.41) is 24.5. The van der Waals surface area contributed by atoms with Crippen LogP contribution in [-0.2, 0) is 9.47 Å². The van der Waals surface area contributed by atoms with E-state index in [1.165, 1.54) is 7.11 Å². The van der Waals surface area contributed by atoms with Crippen molar-refractivity contribution in [2.45, 2.75) is 64.3 Å². The molecular formula is C16H25ClN2O5. The van der Waals surface area contributed by atoms with Gasteiger partial charge in [-0.1, -0.05) is 11.6 Å². The van der Waals surface area contributed by atoms with E-state index in [1.54, 1.807) is 27.7 Å². The van der Waals surface area contributed by atoms with E-state index in [0.29, 0.717) is 22.0 Å². The summed E-state index contributed by atoms with van der Waals surface area (Å²) in [5.41, 5.74) is 0.102. The molecule has 1 saturated heterocycles. The second kappa shape index (κ2) is 7.01. The number of rotatable bonds is 4. The molecule has 1 aromatic rings. The van der Waals surface area contributed by atoms with Crippen LogP contribution in [0, 0.1) is 13.8 Å². The highest BCUT2D eigenvalue weighted by Crippen LogP contribution is 2.33. The zero-order valence-corrected chi connectivity index (χ0v) is 15.3. The van der Waals surface area contributed by atoms with E-state index >= 15 is 0 Å². The first kappa shape index (κ1) is 19.2. The fourth-order valence-electron chi connectivity index (χ4n) is 3.08. The van der Waals surface area contributed by atoms with E-state index in [-0.39, 0.29) is 6.42 Å². The van der Waals surface area contributed by atoms with Crippen LogP contribution in [0.2, 0.25) is 5.02 Å². The van der Waals surface area contributed by atoms with Crippen molar-refractivity contribution in [1.29, 1.82) is 0 Å². The number of H-pyrrole nitrogens is 1. The molecule has 0 saturated carbocycles. The number of methoxy groups -OCH3 is 1. The summed E-state index contributed by atoms with van der Waals surface area (Å²) in [4.78, 5) is 15.4. The number of halogens is 1. The van der Waals surface area contributed by atoms with Gasteiger partial charge in [0.1, 0.15) is 17.4 Å². The Balaban J connectivity index is 2.19. The number of hydrogen-bond acceptors (Lipinski definition) is 5. The number of aliphatic hydroxyl groups excluding tert-OH is 1. The minimum absolute atomic E-state index is 0.0416. The Labute approximate surface area is 146 Å². The molecule has 8 heteroatoms. The lowest BCUT2D eigenvalue weighted by Crippen LogP contribution is -2.65. The number of nitrogens with one attached hydrogen (secondary N) is 2. The molecule has 1 aromatic heterocycles. The number of ether oxygens (including phenoxy) is 2. The first-order chi connectivity index (χ1) is 11.1. The maximum absolute atomic E-state index is 12.5. The van der Waals surface area contributed by atoms with Crippen molar-refractivity contribution in [1.82, 2.24) is 10.3 Å². The summed E-state index contributed by atoms with van der Waals surface area (Å²) >= 11 is 6.10. The fourth-order valence-corrected chi connectivity index (χ4v) is 3.22. The molecule has 0 radical (unpaired) electrons. The van der Waals surface area contributed by atoms with Gasteiger partial charge in [0.2, 0.25) is 0 Å². The molecule has 2 rings (SSSR count). The van der Waals surface area contributed by atoms with Crippen molar-refractivity contribution < 1.29 is 24.5 Å². The Morgan fingerprint density at radius 2 is 2.17 bits per heavy atom. The normalized spacial score (nSPS) is 31.8. The topological polar surface area (TPSA) is 104 Å². The SMILES string of the molecule is CO[C@@H]1C[C@@](O)(C(C)NC(=O)c2[nH]c(C)c(Cl)c2C)[C@H](O)[C@@H](C)O1. The minimum Gasteiger partial charge on any atom is -0.387 e. The van der Waals surface area contributed by atoms with Crippen LogP contribution < -0.4 is 5.32 Å². The van der Waals surface area contributed by atoms with E-state index in [4.69, 9.17) is 21.1 Å². The van der Waals surface area contributed by atoms with E-state index in [2.05, 4.69) is 10.3 Å². The molecule has 0 aromatic carbocycles. The molecule has 0 bridgehead atoms. The van der Waals surface area contributed by atoms with Crippen molar-refractivity contribution >= 4 is 17.5 Å².